The average Bonchev–Trinajstić information content (AvgIpc) is 2.60. The molecule has 0 bridgehead atoms. The van der Waals surface area contributed by atoms with Crippen LogP contribution in [-0.2, 0) is 4.79 Å². The standard InChI is InChI=1S/C17H23F2N3O2.ClH/c1-12-4-6-13(7-5-12)16(24)22-8-2-3-14(9-22)15(23)21-11-17(18,19)10-20;/h4-7,14H,2-3,8-11,20H2,1H3,(H,21,23);1H. The lowest BCUT2D eigenvalue weighted by atomic mass is 9.96. The molecule has 140 valence electrons. The third kappa shape index (κ3) is 5.93. The monoisotopic (exact) mass is 375 g/mol. The van der Waals surface area contributed by atoms with Gasteiger partial charge in [-0.3, -0.25) is 9.59 Å². The maximum Gasteiger partial charge on any atom is 0.277 e. The molecule has 1 saturated heterocycles. The lowest BCUT2D eigenvalue weighted by Gasteiger charge is -2.32. The minimum absolute atomic E-state index is 0. The van der Waals surface area contributed by atoms with Crippen LogP contribution in [0.25, 0.3) is 0 Å². The molecule has 1 heterocycles. The normalized spacial score (nSPS) is 17.6. The highest BCUT2D eigenvalue weighted by Gasteiger charge is 2.32. The van der Waals surface area contributed by atoms with Crippen LogP contribution in [0.15, 0.2) is 24.3 Å². The summed E-state index contributed by atoms with van der Waals surface area (Å²) in [5.41, 5.74) is 6.58. The number of likely N-dealkylation sites (tertiary alicyclic amines) is 1. The molecule has 0 saturated carbocycles. The Hall–Kier alpha value is -1.73. The van der Waals surface area contributed by atoms with Crippen molar-refractivity contribution >= 4 is 24.2 Å². The molecule has 5 nitrogen and oxygen atoms in total. The summed E-state index contributed by atoms with van der Waals surface area (Å²) < 4.78 is 26.3. The van der Waals surface area contributed by atoms with Crippen LogP contribution in [-0.4, -0.2) is 48.8 Å². The van der Waals surface area contributed by atoms with E-state index in [1.807, 2.05) is 19.1 Å². The predicted octanol–water partition coefficient (Wildman–Crippen LogP) is 1.98. The van der Waals surface area contributed by atoms with Crippen molar-refractivity contribution in [2.45, 2.75) is 25.7 Å². The van der Waals surface area contributed by atoms with E-state index < -0.39 is 30.8 Å². The lowest BCUT2D eigenvalue weighted by Crippen LogP contribution is -2.48. The number of alkyl halides is 2. The highest BCUT2D eigenvalue weighted by molar-refractivity contribution is 5.94. The minimum Gasteiger partial charge on any atom is -0.350 e. The maximum atomic E-state index is 13.1. The molecule has 1 aliphatic rings. The third-order valence-electron chi connectivity index (χ3n) is 4.20. The van der Waals surface area contributed by atoms with Gasteiger partial charge in [0, 0.05) is 18.7 Å². The van der Waals surface area contributed by atoms with E-state index >= 15 is 0 Å². The quantitative estimate of drug-likeness (QED) is 0.826. The lowest BCUT2D eigenvalue weighted by molar-refractivity contribution is -0.128. The molecule has 1 fully saturated rings. The summed E-state index contributed by atoms with van der Waals surface area (Å²) in [4.78, 5) is 26.2. The number of nitrogens with two attached hydrogens (primary N) is 1. The maximum absolute atomic E-state index is 13.1. The summed E-state index contributed by atoms with van der Waals surface area (Å²) in [6, 6.07) is 7.22. The molecule has 0 aromatic heterocycles. The minimum atomic E-state index is -3.11. The zero-order chi connectivity index (χ0) is 17.7. The number of rotatable bonds is 5. The number of piperidine rings is 1. The van der Waals surface area contributed by atoms with E-state index in [-0.39, 0.29) is 24.9 Å². The van der Waals surface area contributed by atoms with Gasteiger partial charge in [-0.05, 0) is 31.9 Å². The molecule has 1 atom stereocenters. The molecule has 0 aliphatic carbocycles. The first-order chi connectivity index (χ1) is 11.3. The highest BCUT2D eigenvalue weighted by atomic mass is 35.5. The van der Waals surface area contributed by atoms with Crippen LogP contribution in [0.5, 0.6) is 0 Å². The number of hydrogen-bond donors (Lipinski definition) is 2. The van der Waals surface area contributed by atoms with Gasteiger partial charge in [-0.25, -0.2) is 8.78 Å². The number of hydrogen-bond acceptors (Lipinski definition) is 3. The number of benzene rings is 1. The van der Waals surface area contributed by atoms with E-state index in [1.54, 1.807) is 17.0 Å². The third-order valence-corrected chi connectivity index (χ3v) is 4.20. The first-order valence-corrected chi connectivity index (χ1v) is 8.04. The van der Waals surface area contributed by atoms with Crippen LogP contribution in [0.4, 0.5) is 8.78 Å². The zero-order valence-electron chi connectivity index (χ0n) is 14.1. The molecule has 0 spiro atoms. The Bertz CT molecular complexity index is 596. The van der Waals surface area contributed by atoms with E-state index in [9.17, 15) is 18.4 Å². The fourth-order valence-electron chi connectivity index (χ4n) is 2.69. The molecular weight excluding hydrogens is 352 g/mol. The average molecular weight is 376 g/mol. The van der Waals surface area contributed by atoms with Crippen molar-refractivity contribution in [3.05, 3.63) is 35.4 Å². The number of halogens is 3. The molecule has 8 heteroatoms. The van der Waals surface area contributed by atoms with Crippen LogP contribution >= 0.6 is 12.4 Å². The van der Waals surface area contributed by atoms with Crippen molar-refractivity contribution in [1.82, 2.24) is 10.2 Å². The van der Waals surface area contributed by atoms with Gasteiger partial charge in [0.1, 0.15) is 0 Å². The fourth-order valence-corrected chi connectivity index (χ4v) is 2.69. The molecule has 1 aliphatic heterocycles. The molecule has 3 N–H and O–H groups in total. The molecule has 25 heavy (non-hydrogen) atoms. The summed E-state index contributed by atoms with van der Waals surface area (Å²) in [6.07, 6.45) is 1.25. The smallest absolute Gasteiger partial charge is 0.277 e. The van der Waals surface area contributed by atoms with E-state index in [1.165, 1.54) is 0 Å². The van der Waals surface area contributed by atoms with Gasteiger partial charge >= 0.3 is 0 Å². The second-order valence-corrected chi connectivity index (χ2v) is 6.23. The number of aryl methyl sites for hydroxylation is 1. The second-order valence-electron chi connectivity index (χ2n) is 6.23. The number of nitrogens with zero attached hydrogens (tertiary/aromatic N) is 1. The van der Waals surface area contributed by atoms with Crippen molar-refractivity contribution in [3.8, 4) is 0 Å². The summed E-state index contributed by atoms with van der Waals surface area (Å²) >= 11 is 0. The molecule has 2 rings (SSSR count). The number of nitrogens with one attached hydrogen (secondary N) is 1. The van der Waals surface area contributed by atoms with Crippen molar-refractivity contribution in [2.24, 2.45) is 11.7 Å². The molecular formula is C17H24ClF2N3O2. The molecule has 1 aromatic rings. The van der Waals surface area contributed by atoms with Gasteiger partial charge in [-0.2, -0.15) is 0 Å². The van der Waals surface area contributed by atoms with Crippen LogP contribution < -0.4 is 11.1 Å². The van der Waals surface area contributed by atoms with Crippen molar-refractivity contribution in [2.75, 3.05) is 26.2 Å². The van der Waals surface area contributed by atoms with E-state index in [4.69, 9.17) is 5.73 Å². The Morgan fingerprint density at radius 3 is 2.56 bits per heavy atom. The summed E-state index contributed by atoms with van der Waals surface area (Å²) in [5.74, 6) is -4.17. The fraction of sp³-hybridized carbons (Fsp3) is 0.529. The Kier molecular flexibility index (Phi) is 7.76. The van der Waals surface area contributed by atoms with Gasteiger partial charge in [-0.15, -0.1) is 12.4 Å². The molecule has 1 aromatic carbocycles. The molecule has 1 unspecified atom stereocenters. The Balaban J connectivity index is 0.00000312. The number of carbonyl (C=O) groups is 2. The number of amides is 2. The van der Waals surface area contributed by atoms with Crippen molar-refractivity contribution in [1.29, 1.82) is 0 Å². The van der Waals surface area contributed by atoms with Gasteiger partial charge < -0.3 is 16.0 Å². The zero-order valence-corrected chi connectivity index (χ0v) is 15.0. The van der Waals surface area contributed by atoms with Gasteiger partial charge in [0.05, 0.1) is 19.0 Å². The Morgan fingerprint density at radius 2 is 1.96 bits per heavy atom. The van der Waals surface area contributed by atoms with Crippen LogP contribution in [0.3, 0.4) is 0 Å². The van der Waals surface area contributed by atoms with E-state index in [2.05, 4.69) is 5.32 Å². The first-order valence-electron chi connectivity index (χ1n) is 8.04. The van der Waals surface area contributed by atoms with Gasteiger partial charge in [0.2, 0.25) is 5.91 Å². The highest BCUT2D eigenvalue weighted by Crippen LogP contribution is 2.19. The van der Waals surface area contributed by atoms with Crippen LogP contribution in [0.2, 0.25) is 0 Å². The number of carbonyl (C=O) groups excluding carboxylic acids is 2. The van der Waals surface area contributed by atoms with Crippen LogP contribution in [0.1, 0.15) is 28.8 Å². The first kappa shape index (κ1) is 21.3. The molecule has 2 amide bonds. The van der Waals surface area contributed by atoms with Crippen LogP contribution in [0, 0.1) is 12.8 Å². The van der Waals surface area contributed by atoms with Gasteiger partial charge in [0.25, 0.3) is 11.8 Å². The Labute approximate surface area is 152 Å². The van der Waals surface area contributed by atoms with Crippen molar-refractivity contribution in [3.63, 3.8) is 0 Å². The summed E-state index contributed by atoms with van der Waals surface area (Å²) in [6.45, 7) is 1.16. The van der Waals surface area contributed by atoms with Gasteiger partial charge in [0.15, 0.2) is 0 Å². The van der Waals surface area contributed by atoms with E-state index in [0.29, 0.717) is 24.9 Å². The molecule has 0 radical (unpaired) electrons. The predicted molar refractivity (Wildman–Crippen MR) is 94.1 cm³/mol. The Morgan fingerprint density at radius 1 is 1.32 bits per heavy atom. The second kappa shape index (κ2) is 9.10. The largest absolute Gasteiger partial charge is 0.350 e. The summed E-state index contributed by atoms with van der Waals surface area (Å²) in [5, 5.41) is 2.24. The SMILES string of the molecule is Cc1ccc(C(=O)N2CCCC(C(=O)NCC(F)(F)CN)C2)cc1.Cl. The topological polar surface area (TPSA) is 75.4 Å². The van der Waals surface area contributed by atoms with E-state index in [0.717, 1.165) is 5.56 Å². The van der Waals surface area contributed by atoms with Crippen molar-refractivity contribution < 1.29 is 18.4 Å². The summed E-state index contributed by atoms with van der Waals surface area (Å²) in [7, 11) is 0. The van der Waals surface area contributed by atoms with Gasteiger partial charge in [-0.1, -0.05) is 17.7 Å².